The fraction of sp³-hybridized carbons (Fsp3) is 0.200. The van der Waals surface area contributed by atoms with Crippen LogP contribution in [0.3, 0.4) is 0 Å². The van der Waals surface area contributed by atoms with Crippen LogP contribution in [0.5, 0.6) is 0 Å². The van der Waals surface area contributed by atoms with Gasteiger partial charge in [0.15, 0.2) is 5.11 Å². The monoisotopic (exact) mass is 426 g/mol. The SMILES string of the molecule is CCn1cccc1C1C(c2ccccn2)NC(=S)N1c1ccc(Br)cc1. The van der Waals surface area contributed by atoms with Gasteiger partial charge in [-0.05, 0) is 67.7 Å². The molecule has 1 aromatic carbocycles. The number of pyridine rings is 1. The molecule has 1 N–H and O–H groups in total. The summed E-state index contributed by atoms with van der Waals surface area (Å²) in [4.78, 5) is 6.78. The summed E-state index contributed by atoms with van der Waals surface area (Å²) in [5.74, 6) is 0. The molecule has 1 fully saturated rings. The summed E-state index contributed by atoms with van der Waals surface area (Å²) < 4.78 is 3.32. The number of rotatable bonds is 4. The molecule has 2 atom stereocenters. The van der Waals surface area contributed by atoms with Crippen molar-refractivity contribution in [2.45, 2.75) is 25.6 Å². The molecule has 3 heterocycles. The molecule has 0 radical (unpaired) electrons. The minimum Gasteiger partial charge on any atom is -0.351 e. The number of anilines is 1. The van der Waals surface area contributed by atoms with E-state index < -0.39 is 0 Å². The fourth-order valence-corrected chi connectivity index (χ4v) is 4.13. The van der Waals surface area contributed by atoms with Crippen LogP contribution in [0.25, 0.3) is 0 Å². The van der Waals surface area contributed by atoms with Crippen molar-refractivity contribution in [3.05, 3.63) is 82.9 Å². The van der Waals surface area contributed by atoms with Crippen molar-refractivity contribution in [1.29, 1.82) is 0 Å². The van der Waals surface area contributed by atoms with Gasteiger partial charge in [-0.15, -0.1) is 0 Å². The number of halogens is 1. The minimum absolute atomic E-state index is 0.00690. The van der Waals surface area contributed by atoms with Gasteiger partial charge in [0.05, 0.1) is 11.7 Å². The summed E-state index contributed by atoms with van der Waals surface area (Å²) >= 11 is 9.24. The number of thiocarbonyl (C=S) groups is 1. The lowest BCUT2D eigenvalue weighted by Crippen LogP contribution is -2.30. The van der Waals surface area contributed by atoms with Crippen LogP contribution in [0.15, 0.2) is 71.5 Å². The van der Waals surface area contributed by atoms with Gasteiger partial charge in [0, 0.05) is 34.8 Å². The molecule has 26 heavy (non-hydrogen) atoms. The van der Waals surface area contributed by atoms with E-state index in [1.165, 1.54) is 5.69 Å². The van der Waals surface area contributed by atoms with Crippen molar-refractivity contribution in [3.8, 4) is 0 Å². The molecule has 2 unspecified atom stereocenters. The van der Waals surface area contributed by atoms with Gasteiger partial charge >= 0.3 is 0 Å². The van der Waals surface area contributed by atoms with Gasteiger partial charge in [-0.25, -0.2) is 0 Å². The molecule has 0 bridgehead atoms. The number of nitrogens with zero attached hydrogens (tertiary/aromatic N) is 3. The third-order valence-electron chi connectivity index (χ3n) is 4.71. The second kappa shape index (κ2) is 7.21. The topological polar surface area (TPSA) is 33.1 Å². The number of nitrogens with one attached hydrogen (secondary N) is 1. The van der Waals surface area contributed by atoms with Crippen molar-refractivity contribution in [2.75, 3.05) is 4.90 Å². The fourth-order valence-electron chi connectivity index (χ4n) is 3.52. The number of hydrogen-bond acceptors (Lipinski definition) is 2. The first-order valence-electron chi connectivity index (χ1n) is 8.60. The first-order valence-corrected chi connectivity index (χ1v) is 9.80. The highest BCUT2D eigenvalue weighted by Gasteiger charge is 2.41. The first-order chi connectivity index (χ1) is 12.7. The van der Waals surface area contributed by atoms with E-state index in [0.29, 0.717) is 0 Å². The Labute approximate surface area is 167 Å². The third-order valence-corrected chi connectivity index (χ3v) is 5.55. The van der Waals surface area contributed by atoms with Gasteiger partial charge < -0.3 is 14.8 Å². The molecule has 0 amide bonds. The van der Waals surface area contributed by atoms with E-state index in [2.05, 4.69) is 79.2 Å². The molecule has 0 saturated carbocycles. The van der Waals surface area contributed by atoms with Crippen LogP contribution in [0, 0.1) is 0 Å². The summed E-state index contributed by atoms with van der Waals surface area (Å²) in [6.45, 7) is 3.07. The predicted octanol–water partition coefficient (Wildman–Crippen LogP) is 4.84. The standard InChI is InChI=1S/C20H19BrN4S/c1-2-24-13-5-7-17(24)19-18(16-6-3-4-12-22-16)23-20(26)25(19)15-10-8-14(21)9-11-15/h3-13,18-19H,2H2,1H3,(H,23,26). The molecular formula is C20H19BrN4S. The minimum atomic E-state index is -0.00690. The van der Waals surface area contributed by atoms with Gasteiger partial charge in [0.2, 0.25) is 0 Å². The van der Waals surface area contributed by atoms with Crippen LogP contribution in [0.1, 0.15) is 30.4 Å². The van der Waals surface area contributed by atoms with E-state index in [1.54, 1.807) is 0 Å². The van der Waals surface area contributed by atoms with E-state index in [-0.39, 0.29) is 12.1 Å². The van der Waals surface area contributed by atoms with E-state index in [1.807, 2.05) is 30.5 Å². The Balaban J connectivity index is 1.84. The zero-order valence-corrected chi connectivity index (χ0v) is 16.7. The maximum Gasteiger partial charge on any atom is 0.174 e. The molecule has 4 rings (SSSR count). The molecule has 132 valence electrons. The van der Waals surface area contributed by atoms with Crippen LogP contribution in [0.2, 0.25) is 0 Å². The first kappa shape index (κ1) is 17.2. The van der Waals surface area contributed by atoms with Crippen LogP contribution in [-0.4, -0.2) is 14.7 Å². The van der Waals surface area contributed by atoms with Crippen molar-refractivity contribution in [1.82, 2.24) is 14.9 Å². The Kier molecular flexibility index (Phi) is 4.78. The molecular weight excluding hydrogens is 408 g/mol. The van der Waals surface area contributed by atoms with Gasteiger partial charge in [0.25, 0.3) is 0 Å². The highest BCUT2D eigenvalue weighted by atomic mass is 79.9. The Bertz CT molecular complexity index is 907. The van der Waals surface area contributed by atoms with Crippen LogP contribution >= 0.6 is 28.1 Å². The molecule has 0 aliphatic carbocycles. The average Bonchev–Trinajstić information content (AvgIpc) is 3.27. The van der Waals surface area contributed by atoms with Gasteiger partial charge in [-0.1, -0.05) is 22.0 Å². The molecule has 3 aromatic rings. The molecule has 1 aliphatic rings. The Morgan fingerprint density at radius 2 is 1.92 bits per heavy atom. The summed E-state index contributed by atoms with van der Waals surface area (Å²) in [6.07, 6.45) is 3.95. The Morgan fingerprint density at radius 1 is 1.12 bits per heavy atom. The molecule has 1 saturated heterocycles. The normalized spacial score (nSPS) is 19.6. The van der Waals surface area contributed by atoms with Crippen LogP contribution in [-0.2, 0) is 6.54 Å². The lowest BCUT2D eigenvalue weighted by atomic mass is 10.0. The van der Waals surface area contributed by atoms with E-state index in [0.717, 1.165) is 27.5 Å². The van der Waals surface area contributed by atoms with Crippen molar-refractivity contribution < 1.29 is 0 Å². The Hall–Kier alpha value is -2.18. The number of benzene rings is 1. The van der Waals surface area contributed by atoms with Gasteiger partial charge in [0.1, 0.15) is 6.04 Å². The Morgan fingerprint density at radius 3 is 2.62 bits per heavy atom. The lowest BCUT2D eigenvalue weighted by molar-refractivity contribution is 0.529. The van der Waals surface area contributed by atoms with Crippen LogP contribution < -0.4 is 10.2 Å². The largest absolute Gasteiger partial charge is 0.351 e. The lowest BCUT2D eigenvalue weighted by Gasteiger charge is -2.28. The summed E-state index contributed by atoms with van der Waals surface area (Å²) in [6, 6.07) is 18.6. The van der Waals surface area contributed by atoms with Gasteiger partial charge in [-0.3, -0.25) is 4.98 Å². The zero-order chi connectivity index (χ0) is 18.1. The van der Waals surface area contributed by atoms with Crippen LogP contribution in [0.4, 0.5) is 5.69 Å². The summed E-state index contributed by atoms with van der Waals surface area (Å²) in [7, 11) is 0. The molecule has 4 nitrogen and oxygen atoms in total. The summed E-state index contributed by atoms with van der Waals surface area (Å²) in [5.41, 5.74) is 3.28. The van der Waals surface area contributed by atoms with E-state index in [4.69, 9.17) is 12.2 Å². The number of hydrogen-bond donors (Lipinski definition) is 1. The molecule has 0 spiro atoms. The van der Waals surface area contributed by atoms with Gasteiger partial charge in [-0.2, -0.15) is 0 Å². The summed E-state index contributed by atoms with van der Waals surface area (Å²) in [5, 5.41) is 4.21. The number of aryl methyl sites for hydroxylation is 1. The van der Waals surface area contributed by atoms with Crippen molar-refractivity contribution in [2.24, 2.45) is 0 Å². The zero-order valence-electron chi connectivity index (χ0n) is 14.3. The average molecular weight is 427 g/mol. The highest BCUT2D eigenvalue weighted by Crippen LogP contribution is 2.41. The predicted molar refractivity (Wildman–Crippen MR) is 112 cm³/mol. The van der Waals surface area contributed by atoms with E-state index in [9.17, 15) is 0 Å². The van der Waals surface area contributed by atoms with Crippen molar-refractivity contribution in [3.63, 3.8) is 0 Å². The molecule has 1 aliphatic heterocycles. The molecule has 6 heteroatoms. The maximum atomic E-state index is 5.73. The molecule has 2 aromatic heterocycles. The second-order valence-corrected chi connectivity index (χ2v) is 7.49. The second-order valence-electron chi connectivity index (χ2n) is 6.19. The highest BCUT2D eigenvalue weighted by molar-refractivity contribution is 9.10. The van der Waals surface area contributed by atoms with Crippen molar-refractivity contribution >= 4 is 38.9 Å². The smallest absolute Gasteiger partial charge is 0.174 e. The number of aromatic nitrogens is 2. The maximum absolute atomic E-state index is 5.73. The van der Waals surface area contributed by atoms with E-state index >= 15 is 0 Å². The third kappa shape index (κ3) is 3.04. The quantitative estimate of drug-likeness (QED) is 0.604.